The van der Waals surface area contributed by atoms with E-state index in [0.29, 0.717) is 6.61 Å². The number of nitrogens with zero attached hydrogens (tertiary/aromatic N) is 1. The molecule has 0 aromatic heterocycles. The first kappa shape index (κ1) is 19.2. The third-order valence-corrected chi connectivity index (χ3v) is 4.82. The van der Waals surface area contributed by atoms with Crippen molar-refractivity contribution in [3.63, 3.8) is 0 Å². The zero-order chi connectivity index (χ0) is 18.1. The van der Waals surface area contributed by atoms with Gasteiger partial charge in [-0.2, -0.15) is 0 Å². The fourth-order valence-corrected chi connectivity index (χ4v) is 3.65. The topological polar surface area (TPSA) is 30.8 Å². The van der Waals surface area contributed by atoms with Crippen LogP contribution in [0.5, 0.6) is 11.5 Å². The number of fused-ring (bicyclic) bond motifs is 3. The first-order valence-electron chi connectivity index (χ1n) is 8.92. The summed E-state index contributed by atoms with van der Waals surface area (Å²) in [6.07, 6.45) is 0.937. The van der Waals surface area contributed by atoms with E-state index in [0.717, 1.165) is 23.6 Å². The highest BCUT2D eigenvalue weighted by molar-refractivity contribution is 6.07. The van der Waals surface area contributed by atoms with Crippen LogP contribution in [0.25, 0.3) is 10.8 Å². The monoisotopic (exact) mass is 381 g/mol. The van der Waals surface area contributed by atoms with Gasteiger partial charge in [-0.3, -0.25) is 4.99 Å². The smallest absolute Gasteiger partial charge is 0.130 e. The van der Waals surface area contributed by atoms with Gasteiger partial charge in [0.2, 0.25) is 0 Å². The van der Waals surface area contributed by atoms with Gasteiger partial charge in [0, 0.05) is 11.6 Å². The number of halogens is 1. The second kappa shape index (κ2) is 7.61. The predicted molar refractivity (Wildman–Crippen MR) is 114 cm³/mol. The first-order valence-corrected chi connectivity index (χ1v) is 8.92. The zero-order valence-corrected chi connectivity index (χ0v) is 16.7. The van der Waals surface area contributed by atoms with Gasteiger partial charge in [-0.05, 0) is 48.7 Å². The van der Waals surface area contributed by atoms with Crippen LogP contribution in [0.1, 0.15) is 25.0 Å². The molecule has 0 saturated carbocycles. The van der Waals surface area contributed by atoms with Crippen LogP contribution in [0, 0.1) is 0 Å². The van der Waals surface area contributed by atoms with Crippen LogP contribution < -0.4 is 9.47 Å². The highest BCUT2D eigenvalue weighted by atomic mass is 35.5. The molecule has 0 fully saturated rings. The van der Waals surface area contributed by atoms with Crippen molar-refractivity contribution in [1.29, 1.82) is 0 Å². The summed E-state index contributed by atoms with van der Waals surface area (Å²) in [7, 11) is 1.66. The number of hydrogen-bond donors (Lipinski definition) is 0. The van der Waals surface area contributed by atoms with Crippen LogP contribution in [0.2, 0.25) is 0 Å². The number of ether oxygens (including phenoxy) is 2. The molecular weight excluding hydrogens is 358 g/mol. The molecule has 1 aliphatic heterocycles. The summed E-state index contributed by atoms with van der Waals surface area (Å²) in [5.41, 5.74) is 3.44. The molecule has 27 heavy (non-hydrogen) atoms. The van der Waals surface area contributed by atoms with Crippen molar-refractivity contribution >= 4 is 28.9 Å². The first-order chi connectivity index (χ1) is 12.6. The minimum absolute atomic E-state index is 0. The summed E-state index contributed by atoms with van der Waals surface area (Å²) >= 11 is 0. The predicted octanol–water partition coefficient (Wildman–Crippen LogP) is 5.47. The van der Waals surface area contributed by atoms with Gasteiger partial charge in [-0.15, -0.1) is 12.4 Å². The fourth-order valence-electron chi connectivity index (χ4n) is 3.65. The Bertz CT molecular complexity index is 995. The van der Waals surface area contributed by atoms with Crippen molar-refractivity contribution in [3.8, 4) is 11.5 Å². The van der Waals surface area contributed by atoms with Crippen LogP contribution in [-0.4, -0.2) is 25.0 Å². The Labute approximate surface area is 166 Å². The van der Waals surface area contributed by atoms with Gasteiger partial charge in [-0.25, -0.2) is 0 Å². The van der Waals surface area contributed by atoms with Crippen molar-refractivity contribution in [2.45, 2.75) is 25.8 Å². The molecule has 4 heteroatoms. The Balaban J connectivity index is 0.00000210. The van der Waals surface area contributed by atoms with E-state index in [1.54, 1.807) is 7.11 Å². The molecule has 0 amide bonds. The molecule has 1 heterocycles. The summed E-state index contributed by atoms with van der Waals surface area (Å²) in [4.78, 5) is 4.98. The quantitative estimate of drug-likeness (QED) is 0.599. The van der Waals surface area contributed by atoms with E-state index in [2.05, 4.69) is 50.2 Å². The van der Waals surface area contributed by atoms with E-state index in [-0.39, 0.29) is 17.9 Å². The molecule has 3 nitrogen and oxygen atoms in total. The van der Waals surface area contributed by atoms with Crippen molar-refractivity contribution in [1.82, 2.24) is 0 Å². The normalized spacial score (nSPS) is 14.7. The highest BCUT2D eigenvalue weighted by Crippen LogP contribution is 2.32. The van der Waals surface area contributed by atoms with Crippen molar-refractivity contribution in [3.05, 3.63) is 71.8 Å². The lowest BCUT2D eigenvalue weighted by Crippen LogP contribution is -2.31. The lowest BCUT2D eigenvalue weighted by atomic mass is 9.84. The van der Waals surface area contributed by atoms with E-state index < -0.39 is 0 Å². The lowest BCUT2D eigenvalue weighted by molar-refractivity contribution is 0.365. The Morgan fingerprint density at radius 3 is 2.56 bits per heavy atom. The minimum Gasteiger partial charge on any atom is -0.497 e. The molecule has 0 aliphatic carbocycles. The summed E-state index contributed by atoms with van der Waals surface area (Å²) in [5, 5.41) is 2.59. The summed E-state index contributed by atoms with van der Waals surface area (Å²) in [6.45, 7) is 4.81. The Hall–Kier alpha value is -2.52. The van der Waals surface area contributed by atoms with Crippen molar-refractivity contribution in [2.75, 3.05) is 13.7 Å². The summed E-state index contributed by atoms with van der Waals surface area (Å²) in [5.74, 6) is 1.58. The molecule has 0 unspecified atom stereocenters. The summed E-state index contributed by atoms with van der Waals surface area (Å²) in [6, 6.07) is 20.6. The molecule has 4 rings (SSSR count). The van der Waals surface area contributed by atoms with E-state index in [9.17, 15) is 0 Å². The number of methoxy groups -OCH3 is 1. The maximum absolute atomic E-state index is 6.04. The molecular formula is C23H24ClNO2. The molecule has 3 aromatic carbocycles. The van der Waals surface area contributed by atoms with E-state index in [1.807, 2.05) is 24.3 Å². The number of rotatable bonds is 4. The van der Waals surface area contributed by atoms with Gasteiger partial charge in [-0.1, -0.05) is 42.5 Å². The second-order valence-corrected chi connectivity index (χ2v) is 7.33. The third-order valence-electron chi connectivity index (χ3n) is 4.82. The Morgan fingerprint density at radius 2 is 1.74 bits per heavy atom. The third kappa shape index (κ3) is 3.93. The number of benzene rings is 3. The van der Waals surface area contributed by atoms with Crippen LogP contribution in [0.3, 0.4) is 0 Å². The van der Waals surface area contributed by atoms with E-state index in [1.165, 1.54) is 21.9 Å². The lowest BCUT2D eigenvalue weighted by Gasteiger charge is -2.30. The number of hydrogen-bond acceptors (Lipinski definition) is 3. The second-order valence-electron chi connectivity index (χ2n) is 7.33. The van der Waals surface area contributed by atoms with E-state index >= 15 is 0 Å². The fraction of sp³-hybridized carbons (Fsp3) is 0.261. The maximum atomic E-state index is 6.04. The van der Waals surface area contributed by atoms with Gasteiger partial charge >= 0.3 is 0 Å². The van der Waals surface area contributed by atoms with Gasteiger partial charge in [0.05, 0.1) is 18.4 Å². The van der Waals surface area contributed by atoms with Crippen molar-refractivity contribution < 1.29 is 9.47 Å². The maximum Gasteiger partial charge on any atom is 0.130 e. The zero-order valence-electron chi connectivity index (χ0n) is 15.9. The average molecular weight is 382 g/mol. The van der Waals surface area contributed by atoms with Crippen LogP contribution >= 0.6 is 12.4 Å². The molecule has 1 aliphatic rings. The Morgan fingerprint density at radius 1 is 0.963 bits per heavy atom. The summed E-state index contributed by atoms with van der Waals surface area (Å²) < 4.78 is 11.3. The molecule has 0 atom stereocenters. The molecule has 140 valence electrons. The van der Waals surface area contributed by atoms with Crippen LogP contribution in [-0.2, 0) is 6.42 Å². The average Bonchev–Trinajstić information content (AvgIpc) is 2.65. The Kier molecular flexibility index (Phi) is 5.43. The van der Waals surface area contributed by atoms with Gasteiger partial charge < -0.3 is 9.47 Å². The SMILES string of the molecule is COc1cccc(OCC2=NC(C)(C)Cc3c2ccc2ccccc32)c1.Cl. The molecule has 0 radical (unpaired) electrons. The van der Waals surface area contributed by atoms with Crippen LogP contribution in [0.4, 0.5) is 0 Å². The number of aliphatic imine (C=N–C) groups is 1. The van der Waals surface area contributed by atoms with Crippen molar-refractivity contribution in [2.24, 2.45) is 4.99 Å². The van der Waals surface area contributed by atoms with Gasteiger partial charge in [0.25, 0.3) is 0 Å². The molecule has 0 N–H and O–H groups in total. The van der Waals surface area contributed by atoms with Gasteiger partial charge in [0.15, 0.2) is 0 Å². The molecule has 0 bridgehead atoms. The minimum atomic E-state index is -0.135. The van der Waals surface area contributed by atoms with Crippen LogP contribution in [0.15, 0.2) is 65.7 Å². The largest absolute Gasteiger partial charge is 0.497 e. The molecule has 3 aromatic rings. The van der Waals surface area contributed by atoms with E-state index in [4.69, 9.17) is 14.5 Å². The van der Waals surface area contributed by atoms with Gasteiger partial charge in [0.1, 0.15) is 18.1 Å². The molecule has 0 saturated heterocycles. The molecule has 0 spiro atoms. The highest BCUT2D eigenvalue weighted by Gasteiger charge is 2.28. The standard InChI is InChI=1S/C23H23NO2.ClH/c1-23(2)14-21-19-10-5-4-7-16(19)11-12-20(21)22(24-23)15-26-18-9-6-8-17(13-18)25-3;/h4-13H,14-15H2,1-3H3;1H.